The number of hydrogen-bond acceptors (Lipinski definition) is 6. The van der Waals surface area contributed by atoms with Crippen molar-refractivity contribution in [3.63, 3.8) is 0 Å². The molecule has 1 aromatic carbocycles. The fourth-order valence-corrected chi connectivity index (χ4v) is 3.28. The number of benzene rings is 1. The molecule has 3 rings (SSSR count). The fraction of sp³-hybridized carbons (Fsp3) is 0.368. The summed E-state index contributed by atoms with van der Waals surface area (Å²) in [6.07, 6.45) is 3.56. The van der Waals surface area contributed by atoms with E-state index in [0.29, 0.717) is 30.0 Å². The first-order valence-corrected chi connectivity index (χ1v) is 8.23. The van der Waals surface area contributed by atoms with Crippen LogP contribution in [0.5, 0.6) is 11.5 Å². The Labute approximate surface area is 151 Å². The van der Waals surface area contributed by atoms with Gasteiger partial charge < -0.3 is 23.5 Å². The van der Waals surface area contributed by atoms with Crippen LogP contribution < -0.4 is 9.47 Å². The third-order valence-electron chi connectivity index (χ3n) is 4.62. The van der Waals surface area contributed by atoms with Gasteiger partial charge in [-0.15, -0.1) is 0 Å². The van der Waals surface area contributed by atoms with E-state index in [2.05, 4.69) is 0 Å². The molecule has 0 fully saturated rings. The number of ether oxygens (including phenoxy) is 3. The Morgan fingerprint density at radius 3 is 2.54 bits per heavy atom. The van der Waals surface area contributed by atoms with Crippen molar-refractivity contribution in [1.29, 1.82) is 0 Å². The molecule has 1 aliphatic rings. The number of carbonyl (C=O) groups excluding carboxylic acids is 2. The van der Waals surface area contributed by atoms with Crippen molar-refractivity contribution in [2.75, 3.05) is 27.9 Å². The van der Waals surface area contributed by atoms with Crippen molar-refractivity contribution < 1.29 is 28.2 Å². The number of esters is 1. The average Bonchev–Trinajstić information content (AvgIpc) is 3.21. The van der Waals surface area contributed by atoms with Crippen LogP contribution in [0.3, 0.4) is 0 Å². The minimum Gasteiger partial charge on any atom is -0.493 e. The van der Waals surface area contributed by atoms with E-state index in [4.69, 9.17) is 18.6 Å². The Kier molecular flexibility index (Phi) is 5.16. The molecule has 1 atom stereocenters. The molecule has 7 nitrogen and oxygen atoms in total. The highest BCUT2D eigenvalue weighted by molar-refractivity contribution is 5.94. The molecule has 7 heteroatoms. The lowest BCUT2D eigenvalue weighted by Gasteiger charge is -2.37. The van der Waals surface area contributed by atoms with E-state index < -0.39 is 6.04 Å². The zero-order valence-electron chi connectivity index (χ0n) is 15.0. The number of furan rings is 1. The molecule has 2 aromatic rings. The monoisotopic (exact) mass is 359 g/mol. The van der Waals surface area contributed by atoms with Crippen LogP contribution in [0, 0.1) is 0 Å². The summed E-state index contributed by atoms with van der Waals surface area (Å²) in [4.78, 5) is 26.6. The lowest BCUT2D eigenvalue weighted by atomic mass is 9.89. The second-order valence-electron chi connectivity index (χ2n) is 5.96. The van der Waals surface area contributed by atoms with Crippen LogP contribution in [-0.2, 0) is 16.0 Å². The maximum Gasteiger partial charge on any atom is 0.307 e. The molecule has 1 aliphatic heterocycles. The Bertz CT molecular complexity index is 799. The van der Waals surface area contributed by atoms with Crippen LogP contribution >= 0.6 is 0 Å². The lowest BCUT2D eigenvalue weighted by molar-refractivity contribution is -0.141. The summed E-state index contributed by atoms with van der Waals surface area (Å²) in [6.45, 7) is 0.480. The number of carbonyl (C=O) groups is 2. The first kappa shape index (κ1) is 17.8. The molecule has 0 saturated carbocycles. The van der Waals surface area contributed by atoms with E-state index in [0.717, 1.165) is 11.1 Å². The van der Waals surface area contributed by atoms with E-state index in [1.165, 1.54) is 19.6 Å². The van der Waals surface area contributed by atoms with E-state index in [1.54, 1.807) is 25.2 Å². The summed E-state index contributed by atoms with van der Waals surface area (Å²) in [6, 6.07) is 4.89. The topological polar surface area (TPSA) is 78.2 Å². The normalized spacial score (nSPS) is 16.0. The van der Waals surface area contributed by atoms with Gasteiger partial charge in [0.1, 0.15) is 6.26 Å². The van der Waals surface area contributed by atoms with Gasteiger partial charge in [-0.05, 0) is 35.7 Å². The molecule has 1 aromatic heterocycles. The quantitative estimate of drug-likeness (QED) is 0.764. The second kappa shape index (κ2) is 7.51. The third-order valence-corrected chi connectivity index (χ3v) is 4.62. The molecule has 1 unspecified atom stereocenters. The number of fused-ring (bicyclic) bond motifs is 1. The van der Waals surface area contributed by atoms with Gasteiger partial charge in [-0.2, -0.15) is 0 Å². The summed E-state index contributed by atoms with van der Waals surface area (Å²) in [5, 5.41) is 0. The van der Waals surface area contributed by atoms with Gasteiger partial charge in [0, 0.05) is 6.54 Å². The summed E-state index contributed by atoms with van der Waals surface area (Å²) >= 11 is 0. The summed E-state index contributed by atoms with van der Waals surface area (Å²) in [7, 11) is 4.47. The molecule has 0 spiro atoms. The van der Waals surface area contributed by atoms with Gasteiger partial charge in [0.25, 0.3) is 5.91 Å². The standard InChI is InChI=1S/C19H21NO6/c1-23-16-8-12-4-6-20(19(22)13-5-7-26-11-13)15(10-18(21)25-3)14(12)9-17(16)24-2/h5,7-9,11,15H,4,6,10H2,1-3H3. The van der Waals surface area contributed by atoms with Crippen molar-refractivity contribution in [1.82, 2.24) is 4.90 Å². The van der Waals surface area contributed by atoms with Gasteiger partial charge in [-0.25, -0.2) is 0 Å². The van der Waals surface area contributed by atoms with Gasteiger partial charge in [-0.1, -0.05) is 0 Å². The SMILES string of the molecule is COC(=O)CC1c2cc(OC)c(OC)cc2CCN1C(=O)c1ccoc1. The smallest absolute Gasteiger partial charge is 0.307 e. The van der Waals surface area contributed by atoms with Crippen LogP contribution in [0.4, 0.5) is 0 Å². The predicted octanol–water partition coefficient (Wildman–Crippen LogP) is 2.60. The van der Waals surface area contributed by atoms with Crippen LogP contribution in [0.25, 0.3) is 0 Å². The number of hydrogen-bond donors (Lipinski definition) is 0. The second-order valence-corrected chi connectivity index (χ2v) is 5.96. The number of methoxy groups -OCH3 is 3. The first-order chi connectivity index (χ1) is 12.6. The molecule has 0 bridgehead atoms. The number of rotatable bonds is 5. The van der Waals surface area contributed by atoms with Gasteiger partial charge in [-0.3, -0.25) is 9.59 Å². The molecule has 1 amide bonds. The minimum absolute atomic E-state index is 0.0581. The molecule has 0 N–H and O–H groups in total. The largest absolute Gasteiger partial charge is 0.493 e. The molecule has 2 heterocycles. The van der Waals surface area contributed by atoms with Crippen molar-refractivity contribution >= 4 is 11.9 Å². The van der Waals surface area contributed by atoms with Crippen LogP contribution in [-0.4, -0.2) is 44.7 Å². The maximum absolute atomic E-state index is 12.9. The van der Waals surface area contributed by atoms with Crippen molar-refractivity contribution in [3.05, 3.63) is 47.4 Å². The van der Waals surface area contributed by atoms with E-state index in [-0.39, 0.29) is 18.3 Å². The Morgan fingerprint density at radius 2 is 1.92 bits per heavy atom. The highest BCUT2D eigenvalue weighted by Gasteiger charge is 2.34. The van der Waals surface area contributed by atoms with E-state index in [9.17, 15) is 9.59 Å². The third kappa shape index (κ3) is 3.24. The molecule has 0 saturated heterocycles. The zero-order valence-corrected chi connectivity index (χ0v) is 15.0. The van der Waals surface area contributed by atoms with E-state index in [1.807, 2.05) is 12.1 Å². The number of amides is 1. The molecule has 0 aliphatic carbocycles. The van der Waals surface area contributed by atoms with Gasteiger partial charge in [0.15, 0.2) is 11.5 Å². The minimum atomic E-state index is -0.451. The van der Waals surface area contributed by atoms with Gasteiger partial charge >= 0.3 is 5.97 Å². The van der Waals surface area contributed by atoms with Crippen molar-refractivity contribution in [2.24, 2.45) is 0 Å². The highest BCUT2D eigenvalue weighted by Crippen LogP contribution is 2.40. The molecule has 138 valence electrons. The van der Waals surface area contributed by atoms with Crippen molar-refractivity contribution in [2.45, 2.75) is 18.9 Å². The molecule has 26 heavy (non-hydrogen) atoms. The molecule has 0 radical (unpaired) electrons. The highest BCUT2D eigenvalue weighted by atomic mass is 16.5. The van der Waals surface area contributed by atoms with Crippen LogP contribution in [0.15, 0.2) is 35.1 Å². The van der Waals surface area contributed by atoms with Gasteiger partial charge in [0.05, 0.1) is 45.6 Å². The Morgan fingerprint density at radius 1 is 1.19 bits per heavy atom. The summed E-state index contributed by atoms with van der Waals surface area (Å²) in [5.74, 6) is 0.604. The van der Waals surface area contributed by atoms with Crippen LogP contribution in [0.2, 0.25) is 0 Å². The summed E-state index contributed by atoms with van der Waals surface area (Å²) in [5.41, 5.74) is 2.33. The van der Waals surface area contributed by atoms with E-state index >= 15 is 0 Å². The first-order valence-electron chi connectivity index (χ1n) is 8.23. The summed E-state index contributed by atoms with van der Waals surface area (Å²) < 4.78 is 20.6. The number of nitrogens with zero attached hydrogens (tertiary/aromatic N) is 1. The molecular formula is C19H21NO6. The maximum atomic E-state index is 12.9. The zero-order chi connectivity index (χ0) is 18.7. The van der Waals surface area contributed by atoms with Gasteiger partial charge in [0.2, 0.25) is 0 Å². The predicted molar refractivity (Wildman–Crippen MR) is 92.4 cm³/mol. The Hall–Kier alpha value is -2.96. The lowest BCUT2D eigenvalue weighted by Crippen LogP contribution is -2.41. The Balaban J connectivity index is 2.03. The average molecular weight is 359 g/mol. The molecular weight excluding hydrogens is 338 g/mol. The fourth-order valence-electron chi connectivity index (χ4n) is 3.28. The van der Waals surface area contributed by atoms with Crippen LogP contribution in [0.1, 0.15) is 33.9 Å². The van der Waals surface area contributed by atoms with Crippen molar-refractivity contribution in [3.8, 4) is 11.5 Å².